The standard InChI is InChI=1S/C19H18N2O5/c1-12(18(22)21-16-7-5-4-6-13(16)11-20)26-19(23)15-9-8-14(24-2)10-17(15)25-3/h4-10,12H,1-3H3,(H,21,22)/t12-/m0/s1. The molecule has 1 atom stereocenters. The normalized spacial score (nSPS) is 11.0. The number of esters is 1. The van der Waals surface area contributed by atoms with Crippen LogP contribution in [0.3, 0.4) is 0 Å². The molecule has 2 rings (SSSR count). The average molecular weight is 354 g/mol. The van der Waals surface area contributed by atoms with Crippen molar-refractivity contribution in [3.05, 3.63) is 53.6 Å². The van der Waals surface area contributed by atoms with Crippen LogP contribution in [0.15, 0.2) is 42.5 Å². The zero-order valence-electron chi connectivity index (χ0n) is 14.6. The summed E-state index contributed by atoms with van der Waals surface area (Å²) in [7, 11) is 2.92. The highest BCUT2D eigenvalue weighted by molar-refractivity contribution is 5.99. The molecule has 0 heterocycles. The first-order chi connectivity index (χ1) is 12.5. The van der Waals surface area contributed by atoms with Crippen molar-refractivity contribution in [2.45, 2.75) is 13.0 Å². The van der Waals surface area contributed by atoms with E-state index in [9.17, 15) is 9.59 Å². The number of nitriles is 1. The van der Waals surface area contributed by atoms with Crippen molar-refractivity contribution in [2.75, 3.05) is 19.5 Å². The van der Waals surface area contributed by atoms with Crippen molar-refractivity contribution in [3.63, 3.8) is 0 Å². The smallest absolute Gasteiger partial charge is 0.342 e. The molecule has 134 valence electrons. The zero-order valence-corrected chi connectivity index (χ0v) is 14.6. The van der Waals surface area contributed by atoms with Gasteiger partial charge in [0.2, 0.25) is 0 Å². The van der Waals surface area contributed by atoms with Gasteiger partial charge in [-0.25, -0.2) is 4.79 Å². The number of carbonyl (C=O) groups excluding carboxylic acids is 2. The van der Waals surface area contributed by atoms with Gasteiger partial charge in [-0.2, -0.15) is 5.26 Å². The molecule has 2 aromatic carbocycles. The van der Waals surface area contributed by atoms with Crippen molar-refractivity contribution in [2.24, 2.45) is 0 Å². The summed E-state index contributed by atoms with van der Waals surface area (Å²) >= 11 is 0. The van der Waals surface area contributed by atoms with Crippen LogP contribution in [0.25, 0.3) is 0 Å². The molecule has 7 nitrogen and oxygen atoms in total. The Balaban J connectivity index is 2.09. The molecule has 1 amide bonds. The van der Waals surface area contributed by atoms with Crippen LogP contribution >= 0.6 is 0 Å². The van der Waals surface area contributed by atoms with Crippen molar-refractivity contribution in [1.29, 1.82) is 5.26 Å². The number of benzene rings is 2. The van der Waals surface area contributed by atoms with Crippen LogP contribution in [0.1, 0.15) is 22.8 Å². The van der Waals surface area contributed by atoms with E-state index in [1.54, 1.807) is 36.4 Å². The Hall–Kier alpha value is -3.53. The Kier molecular flexibility index (Phi) is 6.17. The van der Waals surface area contributed by atoms with Gasteiger partial charge in [-0.15, -0.1) is 0 Å². The van der Waals surface area contributed by atoms with Gasteiger partial charge in [0, 0.05) is 6.07 Å². The van der Waals surface area contributed by atoms with Crippen molar-refractivity contribution in [1.82, 2.24) is 0 Å². The van der Waals surface area contributed by atoms with Crippen LogP contribution in [0.4, 0.5) is 5.69 Å². The van der Waals surface area contributed by atoms with E-state index in [1.807, 2.05) is 6.07 Å². The molecule has 7 heteroatoms. The Bertz CT molecular complexity index is 857. The first-order valence-corrected chi connectivity index (χ1v) is 7.73. The quantitative estimate of drug-likeness (QED) is 0.801. The van der Waals surface area contributed by atoms with E-state index in [2.05, 4.69) is 5.32 Å². The molecular weight excluding hydrogens is 336 g/mol. The lowest BCUT2D eigenvalue weighted by Gasteiger charge is -2.15. The fraction of sp³-hybridized carbons (Fsp3) is 0.211. The van der Waals surface area contributed by atoms with E-state index in [4.69, 9.17) is 19.5 Å². The first kappa shape index (κ1) is 18.8. The maximum atomic E-state index is 12.3. The third-order valence-electron chi connectivity index (χ3n) is 3.59. The maximum Gasteiger partial charge on any atom is 0.342 e. The third kappa shape index (κ3) is 4.30. The molecule has 0 unspecified atom stereocenters. The summed E-state index contributed by atoms with van der Waals surface area (Å²) in [6, 6.07) is 13.2. The van der Waals surface area contributed by atoms with Crippen LogP contribution in [-0.4, -0.2) is 32.2 Å². The number of methoxy groups -OCH3 is 2. The van der Waals surface area contributed by atoms with Crippen LogP contribution in [0.2, 0.25) is 0 Å². The molecule has 0 aromatic heterocycles. The minimum atomic E-state index is -1.07. The summed E-state index contributed by atoms with van der Waals surface area (Å²) in [6.45, 7) is 1.44. The van der Waals surface area contributed by atoms with E-state index >= 15 is 0 Å². The number of hydrogen-bond donors (Lipinski definition) is 1. The van der Waals surface area contributed by atoms with E-state index in [0.29, 0.717) is 17.0 Å². The molecule has 0 bridgehead atoms. The average Bonchev–Trinajstić information content (AvgIpc) is 2.67. The number of nitrogens with zero attached hydrogens (tertiary/aromatic N) is 1. The van der Waals surface area contributed by atoms with Gasteiger partial charge in [0.25, 0.3) is 5.91 Å². The van der Waals surface area contributed by atoms with Gasteiger partial charge < -0.3 is 19.5 Å². The van der Waals surface area contributed by atoms with Crippen LogP contribution in [-0.2, 0) is 9.53 Å². The van der Waals surface area contributed by atoms with E-state index in [1.165, 1.54) is 27.2 Å². The summed E-state index contributed by atoms with van der Waals surface area (Å²) in [5.41, 5.74) is 0.839. The number of para-hydroxylation sites is 1. The number of ether oxygens (including phenoxy) is 3. The molecule has 0 fully saturated rings. The Morgan fingerprint density at radius 3 is 2.50 bits per heavy atom. The van der Waals surface area contributed by atoms with Crippen LogP contribution in [0.5, 0.6) is 11.5 Å². The summed E-state index contributed by atoms with van der Waals surface area (Å²) in [5, 5.41) is 11.6. The molecule has 1 N–H and O–H groups in total. The monoisotopic (exact) mass is 354 g/mol. The lowest BCUT2D eigenvalue weighted by Crippen LogP contribution is -2.30. The largest absolute Gasteiger partial charge is 0.497 e. The fourth-order valence-corrected chi connectivity index (χ4v) is 2.17. The van der Waals surface area contributed by atoms with Crippen molar-refractivity contribution >= 4 is 17.6 Å². The molecule has 0 aliphatic rings. The SMILES string of the molecule is COc1ccc(C(=O)O[C@@H](C)C(=O)Nc2ccccc2C#N)c(OC)c1. The van der Waals surface area contributed by atoms with Crippen molar-refractivity contribution < 1.29 is 23.8 Å². The highest BCUT2D eigenvalue weighted by Gasteiger charge is 2.22. The van der Waals surface area contributed by atoms with Gasteiger partial charge in [0.05, 0.1) is 25.5 Å². The molecule has 0 aliphatic carbocycles. The topological polar surface area (TPSA) is 97.6 Å². The second-order valence-corrected chi connectivity index (χ2v) is 5.26. The lowest BCUT2D eigenvalue weighted by molar-refractivity contribution is -0.123. The zero-order chi connectivity index (χ0) is 19.1. The minimum absolute atomic E-state index is 0.172. The number of carbonyl (C=O) groups is 2. The number of rotatable bonds is 6. The van der Waals surface area contributed by atoms with Gasteiger partial charge in [-0.1, -0.05) is 12.1 Å². The number of amides is 1. The Morgan fingerprint density at radius 1 is 1.12 bits per heavy atom. The fourth-order valence-electron chi connectivity index (χ4n) is 2.17. The second-order valence-electron chi connectivity index (χ2n) is 5.26. The van der Waals surface area contributed by atoms with E-state index in [-0.39, 0.29) is 11.3 Å². The summed E-state index contributed by atoms with van der Waals surface area (Å²) in [5.74, 6) is -0.455. The van der Waals surface area contributed by atoms with E-state index in [0.717, 1.165) is 0 Å². The summed E-state index contributed by atoms with van der Waals surface area (Å²) < 4.78 is 15.4. The van der Waals surface area contributed by atoms with Crippen LogP contribution in [0, 0.1) is 11.3 Å². The highest BCUT2D eigenvalue weighted by Crippen LogP contribution is 2.25. The van der Waals surface area contributed by atoms with Gasteiger partial charge >= 0.3 is 5.97 Å². The summed E-state index contributed by atoms with van der Waals surface area (Å²) in [6.07, 6.45) is -1.07. The lowest BCUT2D eigenvalue weighted by atomic mass is 10.2. The van der Waals surface area contributed by atoms with E-state index < -0.39 is 18.0 Å². The molecule has 0 spiro atoms. The molecule has 2 aromatic rings. The third-order valence-corrected chi connectivity index (χ3v) is 3.59. The predicted octanol–water partition coefficient (Wildman–Crippen LogP) is 2.76. The molecule has 0 saturated carbocycles. The summed E-state index contributed by atoms with van der Waals surface area (Å²) in [4.78, 5) is 24.6. The number of nitrogens with one attached hydrogen (secondary N) is 1. The molecule has 0 aliphatic heterocycles. The van der Waals surface area contributed by atoms with Crippen LogP contribution < -0.4 is 14.8 Å². The molecule has 26 heavy (non-hydrogen) atoms. The molecule has 0 saturated heterocycles. The van der Waals surface area contributed by atoms with Crippen molar-refractivity contribution in [3.8, 4) is 17.6 Å². The van der Waals surface area contributed by atoms with Gasteiger partial charge in [0.1, 0.15) is 23.1 Å². The Labute approximate surface area is 151 Å². The minimum Gasteiger partial charge on any atom is -0.497 e. The number of hydrogen-bond acceptors (Lipinski definition) is 6. The highest BCUT2D eigenvalue weighted by atomic mass is 16.5. The Morgan fingerprint density at radius 2 is 1.85 bits per heavy atom. The van der Waals surface area contributed by atoms with Gasteiger partial charge in [-0.3, -0.25) is 4.79 Å². The first-order valence-electron chi connectivity index (χ1n) is 7.73. The predicted molar refractivity (Wildman–Crippen MR) is 94.2 cm³/mol. The van der Waals surface area contributed by atoms with Gasteiger partial charge in [-0.05, 0) is 31.2 Å². The molecule has 0 radical (unpaired) electrons. The second kappa shape index (κ2) is 8.53. The number of anilines is 1. The van der Waals surface area contributed by atoms with Gasteiger partial charge in [0.15, 0.2) is 6.10 Å². The maximum absolute atomic E-state index is 12.3. The molecular formula is C19H18N2O5.